The summed E-state index contributed by atoms with van der Waals surface area (Å²) in [6.45, 7) is 6.99. The number of hydrogen-bond acceptors (Lipinski definition) is 7. The summed E-state index contributed by atoms with van der Waals surface area (Å²) >= 11 is 0. The number of amides is 2. The fraction of sp³-hybridized carbons (Fsp3) is 0.812. The average Bonchev–Trinajstić information content (AvgIpc) is 2.99. The first-order valence-corrected chi connectivity index (χ1v) is 8.27. The molecule has 2 amide bonds. The molecule has 0 aromatic carbocycles. The minimum atomic E-state index is -0.631. The van der Waals surface area contributed by atoms with Gasteiger partial charge in [0.1, 0.15) is 6.61 Å². The molecule has 8 heteroatoms. The van der Waals surface area contributed by atoms with Crippen molar-refractivity contribution in [3.63, 3.8) is 0 Å². The van der Waals surface area contributed by atoms with Gasteiger partial charge < -0.3 is 14.2 Å². The standard InChI is InChI=1S/C16H24N2O6/c1-16(2)11(14(20)22-3)10(12(16)17-4-7-23-8-5-17)13(19)18-6-9-24-15(18)21/h10-12H,4-9H2,1-3H3/t10-,11+,12+/m0/s1. The van der Waals surface area contributed by atoms with Crippen LogP contribution in [0.1, 0.15) is 13.8 Å². The highest BCUT2D eigenvalue weighted by molar-refractivity contribution is 5.98. The van der Waals surface area contributed by atoms with Gasteiger partial charge in [0, 0.05) is 19.1 Å². The zero-order chi connectivity index (χ0) is 17.5. The van der Waals surface area contributed by atoms with Crippen molar-refractivity contribution in [2.75, 3.05) is 46.6 Å². The van der Waals surface area contributed by atoms with Crippen LogP contribution in [-0.2, 0) is 23.8 Å². The monoisotopic (exact) mass is 340 g/mol. The summed E-state index contributed by atoms with van der Waals surface area (Å²) in [6.07, 6.45) is -0.631. The molecule has 0 unspecified atom stereocenters. The molecule has 3 aliphatic rings. The van der Waals surface area contributed by atoms with Gasteiger partial charge in [-0.3, -0.25) is 14.5 Å². The lowest BCUT2D eigenvalue weighted by Crippen LogP contribution is -2.72. The second kappa shape index (κ2) is 6.33. The molecule has 134 valence electrons. The Morgan fingerprint density at radius 3 is 2.38 bits per heavy atom. The topological polar surface area (TPSA) is 85.4 Å². The molecule has 1 aliphatic carbocycles. The van der Waals surface area contributed by atoms with Crippen LogP contribution in [0.2, 0.25) is 0 Å². The maximum atomic E-state index is 13.0. The lowest BCUT2D eigenvalue weighted by Gasteiger charge is -2.60. The van der Waals surface area contributed by atoms with Gasteiger partial charge in [-0.05, 0) is 5.41 Å². The molecule has 24 heavy (non-hydrogen) atoms. The molecular formula is C16H24N2O6. The quantitative estimate of drug-likeness (QED) is 0.674. The van der Waals surface area contributed by atoms with Crippen molar-refractivity contribution in [3.8, 4) is 0 Å². The first-order chi connectivity index (χ1) is 11.4. The van der Waals surface area contributed by atoms with Gasteiger partial charge in [-0.15, -0.1) is 0 Å². The Kier molecular flexibility index (Phi) is 4.52. The highest BCUT2D eigenvalue weighted by atomic mass is 16.6. The first-order valence-electron chi connectivity index (χ1n) is 8.27. The van der Waals surface area contributed by atoms with Crippen molar-refractivity contribution in [3.05, 3.63) is 0 Å². The molecule has 0 spiro atoms. The molecule has 0 radical (unpaired) electrons. The summed E-state index contributed by atoms with van der Waals surface area (Å²) in [5.41, 5.74) is -0.422. The minimum absolute atomic E-state index is 0.133. The van der Waals surface area contributed by atoms with Gasteiger partial charge in [0.2, 0.25) is 5.91 Å². The maximum Gasteiger partial charge on any atom is 0.416 e. The Labute approximate surface area is 141 Å². The summed E-state index contributed by atoms with van der Waals surface area (Å²) in [4.78, 5) is 40.4. The van der Waals surface area contributed by atoms with Crippen LogP contribution in [0.25, 0.3) is 0 Å². The molecule has 0 N–H and O–H groups in total. The Hall–Kier alpha value is -1.67. The average molecular weight is 340 g/mol. The predicted octanol–water partition coefficient (Wildman–Crippen LogP) is 0.111. The Bertz CT molecular complexity index is 543. The summed E-state index contributed by atoms with van der Waals surface area (Å²) in [5.74, 6) is -1.92. The van der Waals surface area contributed by atoms with Gasteiger partial charge in [0.05, 0.1) is 38.7 Å². The van der Waals surface area contributed by atoms with E-state index >= 15 is 0 Å². The van der Waals surface area contributed by atoms with Crippen LogP contribution in [0.4, 0.5) is 4.79 Å². The van der Waals surface area contributed by atoms with E-state index in [2.05, 4.69) is 4.90 Å². The molecule has 0 aromatic heterocycles. The molecule has 2 heterocycles. The molecule has 2 saturated heterocycles. The number of methoxy groups -OCH3 is 1. The number of cyclic esters (lactones) is 1. The van der Waals surface area contributed by atoms with Crippen LogP contribution in [0, 0.1) is 17.3 Å². The summed E-state index contributed by atoms with van der Waals surface area (Å²) in [5, 5.41) is 0. The highest BCUT2D eigenvalue weighted by Gasteiger charge is 2.65. The first kappa shape index (κ1) is 17.2. The number of ether oxygens (including phenoxy) is 3. The molecule has 3 fully saturated rings. The van der Waals surface area contributed by atoms with Crippen LogP contribution in [-0.4, -0.2) is 80.4 Å². The van der Waals surface area contributed by atoms with Crippen LogP contribution in [0.15, 0.2) is 0 Å². The second-order valence-electron chi connectivity index (χ2n) is 7.05. The van der Waals surface area contributed by atoms with Crippen molar-refractivity contribution in [1.29, 1.82) is 0 Å². The maximum absolute atomic E-state index is 13.0. The lowest BCUT2D eigenvalue weighted by atomic mass is 9.50. The Morgan fingerprint density at radius 2 is 1.83 bits per heavy atom. The fourth-order valence-corrected chi connectivity index (χ4v) is 4.36. The van der Waals surface area contributed by atoms with Crippen LogP contribution < -0.4 is 0 Å². The van der Waals surface area contributed by atoms with Gasteiger partial charge in [-0.2, -0.15) is 0 Å². The number of imide groups is 1. The lowest BCUT2D eigenvalue weighted by molar-refractivity contribution is -0.193. The van der Waals surface area contributed by atoms with Crippen molar-refractivity contribution >= 4 is 18.0 Å². The summed E-state index contributed by atoms with van der Waals surface area (Å²) < 4.78 is 15.2. The Morgan fingerprint density at radius 1 is 1.17 bits per heavy atom. The predicted molar refractivity (Wildman–Crippen MR) is 82.0 cm³/mol. The van der Waals surface area contributed by atoms with E-state index in [1.807, 2.05) is 13.8 Å². The van der Waals surface area contributed by atoms with Crippen molar-refractivity contribution in [2.24, 2.45) is 17.3 Å². The third kappa shape index (κ3) is 2.57. The van der Waals surface area contributed by atoms with Gasteiger partial charge in [-0.25, -0.2) is 9.69 Å². The SMILES string of the molecule is COC(=O)[C@H]1[C@H](C(=O)N2CCOC2=O)[C@@H](N2CCOCC2)C1(C)C. The van der Waals surface area contributed by atoms with E-state index < -0.39 is 29.3 Å². The van der Waals surface area contributed by atoms with Crippen molar-refractivity contribution in [1.82, 2.24) is 9.80 Å². The summed E-state index contributed by atoms with van der Waals surface area (Å²) in [7, 11) is 1.33. The zero-order valence-electron chi connectivity index (χ0n) is 14.3. The largest absolute Gasteiger partial charge is 0.469 e. The molecule has 2 aliphatic heterocycles. The van der Waals surface area contributed by atoms with E-state index in [-0.39, 0.29) is 25.1 Å². The Balaban J connectivity index is 1.88. The van der Waals surface area contributed by atoms with Crippen molar-refractivity contribution < 1.29 is 28.6 Å². The van der Waals surface area contributed by atoms with Gasteiger partial charge >= 0.3 is 12.1 Å². The van der Waals surface area contributed by atoms with Gasteiger partial charge in [0.25, 0.3) is 0 Å². The second-order valence-corrected chi connectivity index (χ2v) is 7.05. The normalized spacial score (nSPS) is 32.9. The number of esters is 1. The third-order valence-electron chi connectivity index (χ3n) is 5.47. The van der Waals surface area contributed by atoms with Crippen LogP contribution >= 0.6 is 0 Å². The molecule has 3 rings (SSSR count). The number of morpholine rings is 1. The highest BCUT2D eigenvalue weighted by Crippen LogP contribution is 2.54. The van der Waals surface area contributed by atoms with E-state index in [0.717, 1.165) is 4.90 Å². The van der Waals surface area contributed by atoms with E-state index in [0.29, 0.717) is 26.3 Å². The summed E-state index contributed by atoms with van der Waals surface area (Å²) in [6, 6.07) is -0.133. The minimum Gasteiger partial charge on any atom is -0.469 e. The number of carbonyl (C=O) groups is 3. The molecule has 3 atom stereocenters. The number of rotatable bonds is 3. The van der Waals surface area contributed by atoms with E-state index in [9.17, 15) is 14.4 Å². The van der Waals surface area contributed by atoms with Crippen molar-refractivity contribution in [2.45, 2.75) is 19.9 Å². The number of carbonyl (C=O) groups excluding carboxylic acids is 3. The molecule has 0 aromatic rings. The van der Waals surface area contributed by atoms with E-state index in [1.54, 1.807) is 0 Å². The van der Waals surface area contributed by atoms with E-state index in [4.69, 9.17) is 14.2 Å². The van der Waals surface area contributed by atoms with Gasteiger partial charge in [-0.1, -0.05) is 13.8 Å². The molecule has 1 saturated carbocycles. The van der Waals surface area contributed by atoms with Crippen LogP contribution in [0.5, 0.6) is 0 Å². The molecule has 8 nitrogen and oxygen atoms in total. The number of hydrogen-bond donors (Lipinski definition) is 0. The third-order valence-corrected chi connectivity index (χ3v) is 5.47. The number of nitrogens with zero attached hydrogens (tertiary/aromatic N) is 2. The smallest absolute Gasteiger partial charge is 0.416 e. The fourth-order valence-electron chi connectivity index (χ4n) is 4.36. The zero-order valence-corrected chi connectivity index (χ0v) is 14.3. The van der Waals surface area contributed by atoms with Crippen LogP contribution in [0.3, 0.4) is 0 Å². The van der Waals surface area contributed by atoms with Gasteiger partial charge in [0.15, 0.2) is 0 Å². The molecular weight excluding hydrogens is 316 g/mol. The molecule has 0 bridgehead atoms. The van der Waals surface area contributed by atoms with E-state index in [1.165, 1.54) is 7.11 Å².